The summed E-state index contributed by atoms with van der Waals surface area (Å²) in [5, 5.41) is 19.5. The second kappa shape index (κ2) is 14.9. The van der Waals surface area contributed by atoms with Crippen LogP contribution in [0.1, 0.15) is 79.1 Å². The summed E-state index contributed by atoms with van der Waals surface area (Å²) in [7, 11) is 0. The topological polar surface area (TPSA) is 54.1 Å². The Kier molecular flexibility index (Phi) is 13.8. The van der Waals surface area contributed by atoms with Crippen molar-refractivity contribution in [3.8, 4) is 12.1 Å². The first kappa shape index (κ1) is 22.3. The van der Waals surface area contributed by atoms with Gasteiger partial charge in [0.1, 0.15) is 12.1 Å². The van der Waals surface area contributed by atoms with E-state index in [9.17, 15) is 10.5 Å². The Bertz CT molecular complexity index is 372. The number of hydrogen-bond acceptors (Lipinski definition) is 4. The van der Waals surface area contributed by atoms with Gasteiger partial charge in [0.05, 0.1) is 0 Å². The van der Waals surface area contributed by atoms with E-state index < -0.39 is 0 Å². The van der Waals surface area contributed by atoms with Crippen LogP contribution >= 0.6 is 0 Å². The van der Waals surface area contributed by atoms with Crippen molar-refractivity contribution in [1.29, 1.82) is 10.5 Å². The molecule has 0 unspecified atom stereocenters. The molecule has 0 aliphatic heterocycles. The van der Waals surface area contributed by atoms with Gasteiger partial charge < -0.3 is 9.80 Å². The lowest BCUT2D eigenvalue weighted by atomic mass is 10.2. The van der Waals surface area contributed by atoms with Gasteiger partial charge in [0.25, 0.3) is 0 Å². The van der Waals surface area contributed by atoms with Gasteiger partial charge in [-0.1, -0.05) is 53.4 Å². The summed E-state index contributed by atoms with van der Waals surface area (Å²) in [5.74, 6) is 0. The van der Waals surface area contributed by atoms with E-state index in [1.807, 2.05) is 0 Å². The fourth-order valence-electron chi connectivity index (χ4n) is 2.61. The van der Waals surface area contributed by atoms with Crippen molar-refractivity contribution in [2.24, 2.45) is 0 Å². The molecule has 0 saturated carbocycles. The fraction of sp³-hybridized carbons (Fsp3) is 0.800. The van der Waals surface area contributed by atoms with Crippen molar-refractivity contribution in [1.82, 2.24) is 9.80 Å². The maximum absolute atomic E-state index is 9.77. The zero-order valence-corrected chi connectivity index (χ0v) is 16.3. The summed E-state index contributed by atoms with van der Waals surface area (Å²) in [6.45, 7) is 12.1. The third-order valence-electron chi connectivity index (χ3n) is 4.19. The molecular weight excluding hydrogens is 296 g/mol. The molecule has 0 N–H and O–H groups in total. The Morgan fingerprint density at radius 1 is 0.583 bits per heavy atom. The summed E-state index contributed by atoms with van der Waals surface area (Å²) in [4.78, 5) is 4.27. The molecule has 0 fully saturated rings. The van der Waals surface area contributed by atoms with Crippen molar-refractivity contribution in [3.63, 3.8) is 0 Å². The molecule has 0 aromatic carbocycles. The van der Waals surface area contributed by atoms with Gasteiger partial charge in [-0.25, -0.2) is 0 Å². The molecule has 0 bridgehead atoms. The predicted molar refractivity (Wildman–Crippen MR) is 101 cm³/mol. The predicted octanol–water partition coefficient (Wildman–Crippen LogP) is 5.05. The van der Waals surface area contributed by atoms with Crippen molar-refractivity contribution in [2.45, 2.75) is 79.1 Å². The normalized spacial score (nSPS) is 11.4. The van der Waals surface area contributed by atoms with Crippen LogP contribution in [0.25, 0.3) is 0 Å². The van der Waals surface area contributed by atoms with E-state index in [2.05, 4.69) is 49.6 Å². The van der Waals surface area contributed by atoms with Gasteiger partial charge >= 0.3 is 0 Å². The lowest BCUT2D eigenvalue weighted by molar-refractivity contribution is 0.301. The molecule has 0 saturated heterocycles. The highest BCUT2D eigenvalue weighted by Gasteiger charge is 2.19. The molecule has 0 spiro atoms. The molecule has 4 heteroatoms. The van der Waals surface area contributed by atoms with Gasteiger partial charge in [-0.3, -0.25) is 0 Å². The first-order valence-corrected chi connectivity index (χ1v) is 9.74. The lowest BCUT2D eigenvalue weighted by Crippen LogP contribution is -2.32. The molecular formula is C20H36N4. The maximum Gasteiger partial charge on any atom is 0.150 e. The number of nitriles is 2. The highest BCUT2D eigenvalue weighted by Crippen LogP contribution is 2.17. The molecule has 0 rings (SSSR count). The van der Waals surface area contributed by atoms with Gasteiger partial charge in [-0.05, 0) is 25.7 Å². The van der Waals surface area contributed by atoms with E-state index in [0.717, 1.165) is 77.5 Å². The molecule has 4 nitrogen and oxygen atoms in total. The van der Waals surface area contributed by atoms with Crippen molar-refractivity contribution in [2.75, 3.05) is 26.2 Å². The maximum atomic E-state index is 9.77. The average Bonchev–Trinajstić information content (AvgIpc) is 2.61. The highest BCUT2D eigenvalue weighted by atomic mass is 15.2. The Morgan fingerprint density at radius 3 is 1.00 bits per heavy atom. The summed E-state index contributed by atoms with van der Waals surface area (Å²) >= 11 is 0. The van der Waals surface area contributed by atoms with Crippen LogP contribution in [0.2, 0.25) is 0 Å². The van der Waals surface area contributed by atoms with Gasteiger partial charge in [0.2, 0.25) is 0 Å². The van der Waals surface area contributed by atoms with Crippen molar-refractivity contribution in [3.05, 3.63) is 11.4 Å². The molecule has 24 heavy (non-hydrogen) atoms. The summed E-state index contributed by atoms with van der Waals surface area (Å²) in [6, 6.07) is 4.69. The van der Waals surface area contributed by atoms with Crippen LogP contribution in [-0.4, -0.2) is 36.0 Å². The van der Waals surface area contributed by atoms with E-state index in [4.69, 9.17) is 0 Å². The minimum Gasteiger partial charge on any atom is -0.361 e. The van der Waals surface area contributed by atoms with Crippen molar-refractivity contribution < 1.29 is 0 Å². The number of allylic oxidation sites excluding steroid dienone is 2. The Labute approximate surface area is 149 Å². The van der Waals surface area contributed by atoms with E-state index in [1.54, 1.807) is 0 Å². The SMILES string of the molecule is CCCCN(CCCC)/C(C#N)=C(/C#N)N(CCCC)CCCC. The standard InChI is InChI=1S/C20H36N4/c1-5-9-13-23(14-10-6-2)19(17-21)20(18-22)24(15-11-7-3)16-12-8-4/h5-16H2,1-4H3/b20-19-. The number of nitrogens with zero attached hydrogens (tertiary/aromatic N) is 4. The number of unbranched alkanes of at least 4 members (excludes halogenated alkanes) is 4. The lowest BCUT2D eigenvalue weighted by Gasteiger charge is -2.29. The first-order chi connectivity index (χ1) is 11.7. The molecule has 0 atom stereocenters. The van der Waals surface area contributed by atoms with E-state index >= 15 is 0 Å². The highest BCUT2D eigenvalue weighted by molar-refractivity contribution is 5.35. The molecule has 0 radical (unpaired) electrons. The molecule has 0 heterocycles. The van der Waals surface area contributed by atoms with E-state index in [-0.39, 0.29) is 0 Å². The van der Waals surface area contributed by atoms with Crippen LogP contribution in [0.5, 0.6) is 0 Å². The summed E-state index contributed by atoms with van der Waals surface area (Å²) in [6.07, 6.45) is 8.60. The smallest absolute Gasteiger partial charge is 0.150 e. The molecule has 0 aromatic rings. The van der Waals surface area contributed by atoms with Crippen molar-refractivity contribution >= 4 is 0 Å². The van der Waals surface area contributed by atoms with Gasteiger partial charge in [0, 0.05) is 26.2 Å². The molecule has 0 aliphatic carbocycles. The van der Waals surface area contributed by atoms with Gasteiger partial charge in [-0.15, -0.1) is 0 Å². The van der Waals surface area contributed by atoms with Crippen LogP contribution in [-0.2, 0) is 0 Å². The molecule has 0 aliphatic rings. The Hall–Kier alpha value is -1.68. The zero-order chi connectivity index (χ0) is 18.2. The van der Waals surface area contributed by atoms with Crippen LogP contribution in [0.4, 0.5) is 0 Å². The largest absolute Gasteiger partial charge is 0.361 e. The minimum absolute atomic E-state index is 0.576. The molecule has 0 aromatic heterocycles. The summed E-state index contributed by atoms with van der Waals surface area (Å²) < 4.78 is 0. The summed E-state index contributed by atoms with van der Waals surface area (Å²) in [5.41, 5.74) is 1.15. The number of rotatable bonds is 14. The fourth-order valence-corrected chi connectivity index (χ4v) is 2.61. The second-order valence-electron chi connectivity index (χ2n) is 6.31. The Balaban J connectivity index is 5.55. The quantitative estimate of drug-likeness (QED) is 0.418. The van der Waals surface area contributed by atoms with Gasteiger partial charge in [0.15, 0.2) is 11.4 Å². The average molecular weight is 333 g/mol. The minimum atomic E-state index is 0.576. The molecule has 0 amide bonds. The van der Waals surface area contributed by atoms with Gasteiger partial charge in [-0.2, -0.15) is 10.5 Å². The second-order valence-corrected chi connectivity index (χ2v) is 6.31. The van der Waals surface area contributed by atoms with E-state index in [0.29, 0.717) is 11.4 Å². The van der Waals surface area contributed by atoms with Crippen LogP contribution in [0.15, 0.2) is 11.4 Å². The van der Waals surface area contributed by atoms with E-state index in [1.165, 1.54) is 0 Å². The number of hydrogen-bond donors (Lipinski definition) is 0. The third kappa shape index (κ3) is 8.25. The first-order valence-electron chi connectivity index (χ1n) is 9.74. The van der Waals surface area contributed by atoms with Crippen LogP contribution in [0.3, 0.4) is 0 Å². The van der Waals surface area contributed by atoms with Crippen LogP contribution in [0, 0.1) is 22.7 Å². The Morgan fingerprint density at radius 2 is 0.833 bits per heavy atom. The van der Waals surface area contributed by atoms with Crippen LogP contribution < -0.4 is 0 Å². The zero-order valence-electron chi connectivity index (χ0n) is 16.3. The molecule has 136 valence electrons. The monoisotopic (exact) mass is 332 g/mol. The third-order valence-corrected chi connectivity index (χ3v) is 4.19.